The first-order valence-electron chi connectivity index (χ1n) is 10.4. The Kier molecular flexibility index (Phi) is 6.64. The number of anilines is 1. The highest BCUT2D eigenvalue weighted by molar-refractivity contribution is 7.14. The standard InChI is InChI=1S/C23H24N6O3S/c1-14(2)29-21(26-27-28-29)12-32-17-8-6-16(7-9-17)22(30)25-23-24-19(13-33-23)18-11-15(3)5-10-20(18)31-4/h5-11,13-14H,12H2,1-4H3,(H,24,25,30). The topological polar surface area (TPSA) is 104 Å². The number of benzene rings is 2. The number of nitrogens with zero attached hydrogens (tertiary/aromatic N) is 5. The number of methoxy groups -OCH3 is 1. The zero-order valence-electron chi connectivity index (χ0n) is 18.8. The van der Waals surface area contributed by atoms with Gasteiger partial charge in [0.15, 0.2) is 11.0 Å². The molecule has 2 aromatic heterocycles. The van der Waals surface area contributed by atoms with Crippen molar-refractivity contribution in [2.24, 2.45) is 0 Å². The summed E-state index contributed by atoms with van der Waals surface area (Å²) in [5.41, 5.74) is 3.24. The maximum atomic E-state index is 12.7. The van der Waals surface area contributed by atoms with Crippen LogP contribution in [0.15, 0.2) is 47.8 Å². The van der Waals surface area contributed by atoms with Crippen molar-refractivity contribution in [2.45, 2.75) is 33.4 Å². The van der Waals surface area contributed by atoms with Crippen molar-refractivity contribution < 1.29 is 14.3 Å². The van der Waals surface area contributed by atoms with E-state index in [2.05, 4.69) is 25.8 Å². The summed E-state index contributed by atoms with van der Waals surface area (Å²) in [6, 6.07) is 12.9. The number of thiazole rings is 1. The molecule has 0 radical (unpaired) electrons. The van der Waals surface area contributed by atoms with Gasteiger partial charge in [0.2, 0.25) is 0 Å². The second-order valence-electron chi connectivity index (χ2n) is 7.64. The molecule has 0 fully saturated rings. The van der Waals surface area contributed by atoms with Crippen LogP contribution in [0.3, 0.4) is 0 Å². The average Bonchev–Trinajstić information content (AvgIpc) is 3.47. The number of carbonyl (C=O) groups excluding carboxylic acids is 1. The predicted octanol–water partition coefficient (Wildman–Crippen LogP) is 4.53. The second kappa shape index (κ2) is 9.78. The summed E-state index contributed by atoms with van der Waals surface area (Å²) in [6.45, 7) is 6.24. The summed E-state index contributed by atoms with van der Waals surface area (Å²) >= 11 is 1.36. The summed E-state index contributed by atoms with van der Waals surface area (Å²) in [4.78, 5) is 17.2. The molecule has 33 heavy (non-hydrogen) atoms. The molecule has 170 valence electrons. The third-order valence-corrected chi connectivity index (χ3v) is 5.65. The fourth-order valence-electron chi connectivity index (χ4n) is 3.21. The van der Waals surface area contributed by atoms with Crippen molar-refractivity contribution in [1.29, 1.82) is 0 Å². The normalized spacial score (nSPS) is 10.9. The molecular formula is C23H24N6O3S. The average molecular weight is 465 g/mol. The fraction of sp³-hybridized carbons (Fsp3) is 0.261. The molecule has 1 N–H and O–H groups in total. The molecule has 4 rings (SSSR count). The van der Waals surface area contributed by atoms with Crippen LogP contribution in [-0.2, 0) is 6.61 Å². The number of ether oxygens (including phenoxy) is 2. The van der Waals surface area contributed by atoms with Gasteiger partial charge in [-0.05, 0) is 67.6 Å². The van der Waals surface area contributed by atoms with Crippen molar-refractivity contribution in [3.8, 4) is 22.8 Å². The number of tetrazole rings is 1. The Balaban J connectivity index is 1.39. The largest absolute Gasteiger partial charge is 0.496 e. The minimum atomic E-state index is -0.248. The van der Waals surface area contributed by atoms with Crippen LogP contribution >= 0.6 is 11.3 Å². The van der Waals surface area contributed by atoms with Gasteiger partial charge in [0, 0.05) is 16.5 Å². The Morgan fingerprint density at radius 1 is 1.18 bits per heavy atom. The Morgan fingerprint density at radius 2 is 1.97 bits per heavy atom. The summed E-state index contributed by atoms with van der Waals surface area (Å²) in [5.74, 6) is 1.74. The Morgan fingerprint density at radius 3 is 2.70 bits per heavy atom. The molecule has 2 aromatic carbocycles. The molecule has 0 aliphatic carbocycles. The molecule has 4 aromatic rings. The van der Waals surface area contributed by atoms with E-state index < -0.39 is 0 Å². The van der Waals surface area contributed by atoms with Gasteiger partial charge in [-0.3, -0.25) is 10.1 Å². The van der Waals surface area contributed by atoms with Crippen molar-refractivity contribution in [3.05, 3.63) is 64.8 Å². The molecule has 2 heterocycles. The van der Waals surface area contributed by atoms with Crippen molar-refractivity contribution in [2.75, 3.05) is 12.4 Å². The number of aromatic nitrogens is 5. The third-order valence-electron chi connectivity index (χ3n) is 4.89. The number of rotatable bonds is 8. The van der Waals surface area contributed by atoms with E-state index in [1.54, 1.807) is 36.1 Å². The summed E-state index contributed by atoms with van der Waals surface area (Å²) in [5, 5.41) is 16.9. The number of aryl methyl sites for hydroxylation is 1. The Labute approximate surface area is 195 Å². The first-order chi connectivity index (χ1) is 15.9. The van der Waals surface area contributed by atoms with Crippen molar-refractivity contribution in [1.82, 2.24) is 25.2 Å². The van der Waals surface area contributed by atoms with Crippen LogP contribution in [-0.4, -0.2) is 38.2 Å². The lowest BCUT2D eigenvalue weighted by Gasteiger charge is -2.09. The van der Waals surface area contributed by atoms with Crippen LogP contribution in [0.2, 0.25) is 0 Å². The van der Waals surface area contributed by atoms with Crippen molar-refractivity contribution in [3.63, 3.8) is 0 Å². The molecule has 0 unspecified atom stereocenters. The number of amides is 1. The highest BCUT2D eigenvalue weighted by atomic mass is 32.1. The van der Waals surface area contributed by atoms with E-state index in [9.17, 15) is 4.79 Å². The minimum absolute atomic E-state index is 0.142. The number of hydrogen-bond acceptors (Lipinski definition) is 8. The van der Waals surface area contributed by atoms with Gasteiger partial charge >= 0.3 is 0 Å². The predicted molar refractivity (Wildman–Crippen MR) is 126 cm³/mol. The van der Waals surface area contributed by atoms with Crippen LogP contribution in [0.4, 0.5) is 5.13 Å². The third kappa shape index (κ3) is 5.17. The van der Waals surface area contributed by atoms with Gasteiger partial charge in [0.05, 0.1) is 18.8 Å². The van der Waals surface area contributed by atoms with Gasteiger partial charge in [-0.2, -0.15) is 0 Å². The van der Waals surface area contributed by atoms with E-state index in [1.807, 2.05) is 44.4 Å². The lowest BCUT2D eigenvalue weighted by Crippen LogP contribution is -2.12. The highest BCUT2D eigenvalue weighted by Gasteiger charge is 2.14. The van der Waals surface area contributed by atoms with Crippen LogP contribution < -0.4 is 14.8 Å². The van der Waals surface area contributed by atoms with E-state index in [1.165, 1.54) is 11.3 Å². The lowest BCUT2D eigenvalue weighted by molar-refractivity contribution is 0.102. The molecule has 1 amide bonds. The first-order valence-corrected chi connectivity index (χ1v) is 11.2. The molecule has 0 spiro atoms. The molecule has 0 bridgehead atoms. The summed E-state index contributed by atoms with van der Waals surface area (Å²) in [7, 11) is 1.63. The van der Waals surface area contributed by atoms with E-state index in [0.717, 1.165) is 22.6 Å². The highest BCUT2D eigenvalue weighted by Crippen LogP contribution is 2.33. The zero-order valence-corrected chi connectivity index (χ0v) is 19.6. The molecule has 0 aliphatic heterocycles. The van der Waals surface area contributed by atoms with Gasteiger partial charge in [-0.1, -0.05) is 11.6 Å². The number of nitrogens with one attached hydrogen (secondary N) is 1. The molecule has 10 heteroatoms. The Bertz CT molecular complexity index is 1250. The van der Waals surface area contributed by atoms with E-state index in [0.29, 0.717) is 22.3 Å². The molecule has 0 saturated heterocycles. The van der Waals surface area contributed by atoms with Gasteiger partial charge in [0.1, 0.15) is 18.1 Å². The molecule has 0 aliphatic rings. The quantitative estimate of drug-likeness (QED) is 0.409. The van der Waals surface area contributed by atoms with Gasteiger partial charge < -0.3 is 9.47 Å². The van der Waals surface area contributed by atoms with Crippen LogP contribution in [0, 0.1) is 6.92 Å². The molecule has 0 atom stereocenters. The zero-order chi connectivity index (χ0) is 23.4. The SMILES string of the molecule is COc1ccc(C)cc1-c1csc(NC(=O)c2ccc(OCc3nnnn3C(C)C)cc2)n1. The maximum absolute atomic E-state index is 12.7. The van der Waals surface area contributed by atoms with Crippen molar-refractivity contribution >= 4 is 22.4 Å². The Hall–Kier alpha value is -3.79. The van der Waals surface area contributed by atoms with Gasteiger partial charge in [-0.25, -0.2) is 9.67 Å². The summed E-state index contributed by atoms with van der Waals surface area (Å²) < 4.78 is 12.9. The molecule has 0 saturated carbocycles. The first kappa shape index (κ1) is 22.4. The van der Waals surface area contributed by atoms with E-state index in [-0.39, 0.29) is 18.6 Å². The van der Waals surface area contributed by atoms with E-state index >= 15 is 0 Å². The molecular weight excluding hydrogens is 440 g/mol. The van der Waals surface area contributed by atoms with Gasteiger partial charge in [-0.15, -0.1) is 16.4 Å². The molecule has 9 nitrogen and oxygen atoms in total. The van der Waals surface area contributed by atoms with Crippen LogP contribution in [0.1, 0.15) is 41.6 Å². The van der Waals surface area contributed by atoms with Crippen LogP contribution in [0.5, 0.6) is 11.5 Å². The summed E-state index contributed by atoms with van der Waals surface area (Å²) in [6.07, 6.45) is 0. The second-order valence-corrected chi connectivity index (χ2v) is 8.50. The number of carbonyl (C=O) groups is 1. The van der Waals surface area contributed by atoms with Crippen LogP contribution in [0.25, 0.3) is 11.3 Å². The monoisotopic (exact) mass is 464 g/mol. The lowest BCUT2D eigenvalue weighted by atomic mass is 10.1. The van der Waals surface area contributed by atoms with Gasteiger partial charge in [0.25, 0.3) is 5.91 Å². The minimum Gasteiger partial charge on any atom is -0.496 e. The van der Waals surface area contributed by atoms with E-state index in [4.69, 9.17) is 9.47 Å². The number of hydrogen-bond donors (Lipinski definition) is 1. The smallest absolute Gasteiger partial charge is 0.257 e. The maximum Gasteiger partial charge on any atom is 0.257 e. The fourth-order valence-corrected chi connectivity index (χ4v) is 3.91.